The molecule has 0 aliphatic heterocycles. The summed E-state index contributed by atoms with van der Waals surface area (Å²) < 4.78 is 34.8. The van der Waals surface area contributed by atoms with E-state index >= 15 is 0 Å². The molecule has 0 atom stereocenters. The topological polar surface area (TPSA) is 115 Å². The van der Waals surface area contributed by atoms with Gasteiger partial charge in [-0.2, -0.15) is 0 Å². The van der Waals surface area contributed by atoms with Crippen molar-refractivity contribution in [2.45, 2.75) is 5.09 Å². The Kier molecular flexibility index (Phi) is 4.82. The Labute approximate surface area is 132 Å². The Balaban J connectivity index is 2.12. The number of methoxy groups -OCH3 is 1. The van der Waals surface area contributed by atoms with Gasteiger partial charge in [-0.1, -0.05) is 0 Å². The highest BCUT2D eigenvalue weighted by molar-refractivity contribution is 7.89. The first-order chi connectivity index (χ1) is 10.9. The normalized spacial score (nSPS) is 11.0. The maximum atomic E-state index is 12.0. The van der Waals surface area contributed by atoms with Crippen LogP contribution in [-0.4, -0.2) is 34.5 Å². The predicted octanol–water partition coefficient (Wildman–Crippen LogP) is 1.23. The van der Waals surface area contributed by atoms with Gasteiger partial charge < -0.3 is 14.5 Å². The SMILES string of the molecule is CNS(=O)(=O)c1ccc(C(=O)Nc2ccc(C(=O)OC)cc2)o1. The maximum Gasteiger partial charge on any atom is 0.337 e. The summed E-state index contributed by atoms with van der Waals surface area (Å²) in [6.45, 7) is 0. The molecule has 0 bridgehead atoms. The number of benzene rings is 1. The Morgan fingerprint density at radius 2 is 1.74 bits per heavy atom. The number of rotatable bonds is 5. The Morgan fingerprint density at radius 3 is 2.30 bits per heavy atom. The number of amides is 1. The third-order valence-electron chi connectivity index (χ3n) is 2.90. The van der Waals surface area contributed by atoms with Gasteiger partial charge in [-0.05, 0) is 43.4 Å². The van der Waals surface area contributed by atoms with Gasteiger partial charge in [0, 0.05) is 5.69 Å². The van der Waals surface area contributed by atoms with Gasteiger partial charge in [0.05, 0.1) is 12.7 Å². The fourth-order valence-corrected chi connectivity index (χ4v) is 2.34. The molecule has 2 N–H and O–H groups in total. The van der Waals surface area contributed by atoms with Crippen molar-refractivity contribution in [2.75, 3.05) is 19.5 Å². The number of hydrogen-bond donors (Lipinski definition) is 2. The summed E-state index contributed by atoms with van der Waals surface area (Å²) in [6.07, 6.45) is 0. The maximum absolute atomic E-state index is 12.0. The van der Waals surface area contributed by atoms with Gasteiger partial charge in [-0.25, -0.2) is 17.9 Å². The minimum Gasteiger partial charge on any atom is -0.465 e. The fourth-order valence-electron chi connectivity index (χ4n) is 1.69. The second-order valence-corrected chi connectivity index (χ2v) is 6.17. The van der Waals surface area contributed by atoms with E-state index in [1.165, 1.54) is 50.6 Å². The number of esters is 1. The first-order valence-corrected chi connectivity index (χ1v) is 7.89. The number of sulfonamides is 1. The van der Waals surface area contributed by atoms with Crippen molar-refractivity contribution in [2.24, 2.45) is 0 Å². The van der Waals surface area contributed by atoms with E-state index < -0.39 is 21.9 Å². The number of hydrogen-bond acceptors (Lipinski definition) is 6. The zero-order chi connectivity index (χ0) is 17.0. The summed E-state index contributed by atoms with van der Waals surface area (Å²) in [5, 5.41) is 2.17. The molecule has 2 rings (SSSR count). The number of anilines is 1. The Bertz CT molecular complexity index is 823. The lowest BCUT2D eigenvalue weighted by Gasteiger charge is -2.04. The molecule has 0 saturated carbocycles. The summed E-state index contributed by atoms with van der Waals surface area (Å²) in [5.74, 6) is -1.26. The molecule has 1 aromatic heterocycles. The van der Waals surface area contributed by atoms with Gasteiger partial charge in [-0.15, -0.1) is 0 Å². The number of furan rings is 1. The molecule has 1 heterocycles. The molecule has 0 saturated heterocycles. The zero-order valence-electron chi connectivity index (χ0n) is 12.3. The average molecular weight is 338 g/mol. The van der Waals surface area contributed by atoms with Gasteiger partial charge in [0.1, 0.15) is 0 Å². The van der Waals surface area contributed by atoms with Crippen LogP contribution in [0.3, 0.4) is 0 Å². The second kappa shape index (κ2) is 6.63. The molecule has 0 fully saturated rings. The molecular formula is C14H14N2O6S. The molecule has 0 unspecified atom stereocenters. The van der Waals surface area contributed by atoms with Gasteiger partial charge >= 0.3 is 5.97 Å². The summed E-state index contributed by atoms with van der Waals surface area (Å²) in [4.78, 5) is 23.3. The van der Waals surface area contributed by atoms with Crippen LogP contribution in [0.2, 0.25) is 0 Å². The first-order valence-electron chi connectivity index (χ1n) is 6.40. The van der Waals surface area contributed by atoms with Crippen LogP contribution in [0, 0.1) is 0 Å². The van der Waals surface area contributed by atoms with Crippen LogP contribution in [0.5, 0.6) is 0 Å². The van der Waals surface area contributed by atoms with Crippen LogP contribution in [0.25, 0.3) is 0 Å². The standard InChI is InChI=1S/C14H14N2O6S/c1-15-23(19,20)12-8-7-11(22-12)13(17)16-10-5-3-9(4-6-10)14(18)21-2/h3-8,15H,1-2H3,(H,16,17). The van der Waals surface area contributed by atoms with E-state index in [-0.39, 0.29) is 10.9 Å². The minimum atomic E-state index is -3.75. The highest BCUT2D eigenvalue weighted by atomic mass is 32.2. The summed E-state index contributed by atoms with van der Waals surface area (Å²) in [7, 11) is -1.24. The van der Waals surface area contributed by atoms with Crippen molar-refractivity contribution in [3.63, 3.8) is 0 Å². The van der Waals surface area contributed by atoms with Gasteiger partial charge in [0.15, 0.2) is 5.76 Å². The van der Waals surface area contributed by atoms with Crippen molar-refractivity contribution < 1.29 is 27.2 Å². The molecular weight excluding hydrogens is 324 g/mol. The summed E-state index contributed by atoms with van der Waals surface area (Å²) >= 11 is 0. The molecule has 0 spiro atoms. The lowest BCUT2D eigenvalue weighted by molar-refractivity contribution is 0.0600. The molecule has 23 heavy (non-hydrogen) atoms. The highest BCUT2D eigenvalue weighted by Crippen LogP contribution is 2.16. The van der Waals surface area contributed by atoms with Crippen molar-refractivity contribution >= 4 is 27.6 Å². The van der Waals surface area contributed by atoms with E-state index in [4.69, 9.17) is 4.42 Å². The van der Waals surface area contributed by atoms with Gasteiger partial charge in [0.2, 0.25) is 5.09 Å². The molecule has 0 aliphatic rings. The first kappa shape index (κ1) is 16.7. The molecule has 1 amide bonds. The molecule has 8 nitrogen and oxygen atoms in total. The fraction of sp³-hybridized carbons (Fsp3) is 0.143. The largest absolute Gasteiger partial charge is 0.465 e. The van der Waals surface area contributed by atoms with Crippen LogP contribution in [0.1, 0.15) is 20.9 Å². The van der Waals surface area contributed by atoms with E-state index in [1.54, 1.807) is 0 Å². The van der Waals surface area contributed by atoms with Crippen LogP contribution in [0.4, 0.5) is 5.69 Å². The van der Waals surface area contributed by atoms with E-state index in [2.05, 4.69) is 14.8 Å². The Hall–Kier alpha value is -2.65. The van der Waals surface area contributed by atoms with Crippen LogP contribution < -0.4 is 10.0 Å². The summed E-state index contributed by atoms with van der Waals surface area (Å²) in [5.41, 5.74) is 0.753. The number of ether oxygens (including phenoxy) is 1. The van der Waals surface area contributed by atoms with Crippen molar-refractivity contribution in [1.82, 2.24) is 4.72 Å². The second-order valence-electron chi connectivity index (χ2n) is 4.35. The lowest BCUT2D eigenvalue weighted by Crippen LogP contribution is -2.18. The Morgan fingerprint density at radius 1 is 1.09 bits per heavy atom. The van der Waals surface area contributed by atoms with E-state index in [9.17, 15) is 18.0 Å². The molecule has 2 aromatic rings. The van der Waals surface area contributed by atoms with Crippen LogP contribution in [-0.2, 0) is 14.8 Å². The molecule has 0 radical (unpaired) electrons. The molecule has 1 aromatic carbocycles. The monoisotopic (exact) mass is 338 g/mol. The van der Waals surface area contributed by atoms with Gasteiger partial charge in [-0.3, -0.25) is 4.79 Å². The average Bonchev–Trinajstić information content (AvgIpc) is 3.06. The molecule has 9 heteroatoms. The van der Waals surface area contributed by atoms with Crippen molar-refractivity contribution in [1.29, 1.82) is 0 Å². The van der Waals surface area contributed by atoms with E-state index in [1.807, 2.05) is 0 Å². The number of nitrogens with one attached hydrogen (secondary N) is 2. The smallest absolute Gasteiger partial charge is 0.337 e. The lowest BCUT2D eigenvalue weighted by atomic mass is 10.2. The van der Waals surface area contributed by atoms with Gasteiger partial charge in [0.25, 0.3) is 15.9 Å². The van der Waals surface area contributed by atoms with Crippen LogP contribution in [0.15, 0.2) is 45.9 Å². The van der Waals surface area contributed by atoms with E-state index in [0.717, 1.165) is 0 Å². The third kappa shape index (κ3) is 3.76. The molecule has 0 aliphatic carbocycles. The van der Waals surface area contributed by atoms with Crippen molar-refractivity contribution in [3.05, 3.63) is 47.7 Å². The molecule has 122 valence electrons. The predicted molar refractivity (Wildman–Crippen MR) is 80.7 cm³/mol. The number of carbonyl (C=O) groups excluding carboxylic acids is 2. The van der Waals surface area contributed by atoms with Crippen LogP contribution >= 0.6 is 0 Å². The van der Waals surface area contributed by atoms with E-state index in [0.29, 0.717) is 11.3 Å². The quantitative estimate of drug-likeness (QED) is 0.792. The highest BCUT2D eigenvalue weighted by Gasteiger charge is 2.19. The van der Waals surface area contributed by atoms with Crippen molar-refractivity contribution in [3.8, 4) is 0 Å². The minimum absolute atomic E-state index is 0.157. The number of carbonyl (C=O) groups is 2. The third-order valence-corrected chi connectivity index (χ3v) is 4.19. The summed E-state index contributed by atoms with van der Waals surface area (Å²) in [6, 6.07) is 8.43. The zero-order valence-corrected chi connectivity index (χ0v) is 13.1.